The van der Waals surface area contributed by atoms with Gasteiger partial charge in [-0.05, 0) is 45.3 Å². The highest BCUT2D eigenvalue weighted by molar-refractivity contribution is 7.80. The Balaban J connectivity index is 3.71. The van der Waals surface area contributed by atoms with Crippen LogP contribution in [0.1, 0.15) is 72.1 Å². The highest BCUT2D eigenvalue weighted by Crippen LogP contribution is 2.12. The molecule has 0 N–H and O–H groups in total. The van der Waals surface area contributed by atoms with Gasteiger partial charge >= 0.3 is 0 Å². The fourth-order valence-corrected chi connectivity index (χ4v) is 2.31. The summed E-state index contributed by atoms with van der Waals surface area (Å²) in [6.07, 6.45) is 10.5. The van der Waals surface area contributed by atoms with Gasteiger partial charge in [-0.2, -0.15) is 12.6 Å². The topological polar surface area (TPSA) is 3.24 Å². The van der Waals surface area contributed by atoms with E-state index >= 15 is 0 Å². The molecule has 0 aromatic heterocycles. The Morgan fingerprint density at radius 1 is 0.765 bits per heavy atom. The third kappa shape index (κ3) is 11.1. The average molecular weight is 260 g/mol. The summed E-state index contributed by atoms with van der Waals surface area (Å²) in [4.78, 5) is 2.64. The third-order valence-electron chi connectivity index (χ3n) is 3.33. The monoisotopic (exact) mass is 259 g/mol. The van der Waals surface area contributed by atoms with Crippen LogP contribution in [0.15, 0.2) is 0 Å². The summed E-state index contributed by atoms with van der Waals surface area (Å²) in [5.41, 5.74) is 0. The van der Waals surface area contributed by atoms with Crippen LogP contribution in [0.3, 0.4) is 0 Å². The second-order valence-corrected chi connectivity index (χ2v) is 5.86. The Kier molecular flexibility index (Phi) is 13.0. The van der Waals surface area contributed by atoms with Gasteiger partial charge in [0.05, 0.1) is 0 Å². The van der Waals surface area contributed by atoms with Crippen molar-refractivity contribution in [2.75, 3.05) is 19.6 Å². The van der Waals surface area contributed by atoms with E-state index in [0.717, 1.165) is 0 Å². The first kappa shape index (κ1) is 17.3. The minimum atomic E-state index is 0.612. The highest BCUT2D eigenvalue weighted by atomic mass is 32.1. The lowest BCUT2D eigenvalue weighted by Crippen LogP contribution is -2.28. The van der Waals surface area contributed by atoms with Gasteiger partial charge in [-0.1, -0.05) is 46.5 Å². The van der Waals surface area contributed by atoms with Crippen LogP contribution in [-0.2, 0) is 0 Å². The van der Waals surface area contributed by atoms with Crippen molar-refractivity contribution in [3.63, 3.8) is 0 Å². The van der Waals surface area contributed by atoms with Crippen LogP contribution in [-0.4, -0.2) is 29.8 Å². The first-order chi connectivity index (χ1) is 8.24. The minimum absolute atomic E-state index is 0.612. The van der Waals surface area contributed by atoms with Crippen molar-refractivity contribution in [2.45, 2.75) is 77.4 Å². The van der Waals surface area contributed by atoms with E-state index in [0.29, 0.717) is 5.25 Å². The third-order valence-corrected chi connectivity index (χ3v) is 3.84. The smallest absolute Gasteiger partial charge is 0.00289 e. The fourth-order valence-electron chi connectivity index (χ4n) is 2.01. The molecular formula is C15H33NS. The molecule has 2 heteroatoms. The van der Waals surface area contributed by atoms with Crippen molar-refractivity contribution in [1.29, 1.82) is 0 Å². The molecule has 1 nitrogen and oxygen atoms in total. The molecule has 1 unspecified atom stereocenters. The van der Waals surface area contributed by atoms with E-state index in [1.165, 1.54) is 71.0 Å². The zero-order valence-electron chi connectivity index (χ0n) is 12.2. The van der Waals surface area contributed by atoms with E-state index in [9.17, 15) is 0 Å². The van der Waals surface area contributed by atoms with Crippen LogP contribution in [0.25, 0.3) is 0 Å². The maximum atomic E-state index is 4.69. The van der Waals surface area contributed by atoms with Crippen LogP contribution < -0.4 is 0 Å². The van der Waals surface area contributed by atoms with Crippen LogP contribution in [0.2, 0.25) is 0 Å². The second kappa shape index (κ2) is 12.8. The second-order valence-electron chi connectivity index (χ2n) is 5.13. The first-order valence-electron chi connectivity index (χ1n) is 7.64. The predicted molar refractivity (Wildman–Crippen MR) is 83.2 cm³/mol. The zero-order chi connectivity index (χ0) is 12.9. The van der Waals surface area contributed by atoms with Gasteiger partial charge in [-0.3, -0.25) is 0 Å². The van der Waals surface area contributed by atoms with E-state index in [-0.39, 0.29) is 0 Å². The van der Waals surface area contributed by atoms with Crippen molar-refractivity contribution in [3.8, 4) is 0 Å². The van der Waals surface area contributed by atoms with Gasteiger partial charge < -0.3 is 4.90 Å². The summed E-state index contributed by atoms with van der Waals surface area (Å²) < 4.78 is 0. The summed E-state index contributed by atoms with van der Waals surface area (Å²) >= 11 is 4.69. The molecule has 0 spiro atoms. The Morgan fingerprint density at radius 3 is 1.76 bits per heavy atom. The number of hydrogen-bond acceptors (Lipinski definition) is 2. The van der Waals surface area contributed by atoms with E-state index < -0.39 is 0 Å². The Morgan fingerprint density at radius 2 is 1.29 bits per heavy atom. The molecule has 0 aromatic rings. The van der Waals surface area contributed by atoms with Crippen molar-refractivity contribution in [3.05, 3.63) is 0 Å². The van der Waals surface area contributed by atoms with E-state index in [1.54, 1.807) is 0 Å². The Hall–Kier alpha value is 0.310. The van der Waals surface area contributed by atoms with Gasteiger partial charge in [0, 0.05) is 5.25 Å². The standard InChI is InChI=1S/C15H33NS/c1-4-7-10-15(17)11-14-16(12-8-5-2)13-9-6-3/h15,17H,4-14H2,1-3H3. The lowest BCUT2D eigenvalue weighted by atomic mass is 10.1. The molecule has 0 saturated heterocycles. The van der Waals surface area contributed by atoms with Crippen molar-refractivity contribution in [2.24, 2.45) is 0 Å². The minimum Gasteiger partial charge on any atom is -0.303 e. The lowest BCUT2D eigenvalue weighted by Gasteiger charge is -2.23. The molecule has 17 heavy (non-hydrogen) atoms. The molecule has 0 aliphatic carbocycles. The Labute approximate surface area is 115 Å². The number of thiol groups is 1. The summed E-state index contributed by atoms with van der Waals surface area (Å²) in [7, 11) is 0. The fraction of sp³-hybridized carbons (Fsp3) is 1.00. The molecule has 1 atom stereocenters. The molecule has 0 radical (unpaired) electrons. The molecule has 104 valence electrons. The lowest BCUT2D eigenvalue weighted by molar-refractivity contribution is 0.260. The van der Waals surface area contributed by atoms with Gasteiger partial charge in [0.15, 0.2) is 0 Å². The van der Waals surface area contributed by atoms with Gasteiger partial charge in [-0.25, -0.2) is 0 Å². The molecule has 0 aliphatic rings. The SMILES string of the molecule is CCCCC(S)CCN(CCCC)CCCC. The maximum Gasteiger partial charge on any atom is 0.00289 e. The first-order valence-corrected chi connectivity index (χ1v) is 8.16. The number of nitrogens with zero attached hydrogens (tertiary/aromatic N) is 1. The molecule has 0 aliphatic heterocycles. The Bertz CT molecular complexity index is 142. The van der Waals surface area contributed by atoms with Gasteiger partial charge in [0.25, 0.3) is 0 Å². The number of hydrogen-bond donors (Lipinski definition) is 1. The molecule has 0 amide bonds. The highest BCUT2D eigenvalue weighted by Gasteiger charge is 2.07. The quantitative estimate of drug-likeness (QED) is 0.494. The van der Waals surface area contributed by atoms with Crippen LogP contribution in [0.5, 0.6) is 0 Å². The van der Waals surface area contributed by atoms with E-state index in [2.05, 4.69) is 25.7 Å². The molecule has 0 fully saturated rings. The molecular weight excluding hydrogens is 226 g/mol. The summed E-state index contributed by atoms with van der Waals surface area (Å²) in [5, 5.41) is 0.612. The molecule has 0 bridgehead atoms. The van der Waals surface area contributed by atoms with Gasteiger partial charge in [0.1, 0.15) is 0 Å². The van der Waals surface area contributed by atoms with Crippen LogP contribution in [0, 0.1) is 0 Å². The normalized spacial score (nSPS) is 13.2. The average Bonchev–Trinajstić information content (AvgIpc) is 2.35. The van der Waals surface area contributed by atoms with Crippen LogP contribution >= 0.6 is 12.6 Å². The zero-order valence-corrected chi connectivity index (χ0v) is 13.1. The molecule has 0 aromatic carbocycles. The van der Waals surface area contributed by atoms with Crippen molar-refractivity contribution < 1.29 is 0 Å². The summed E-state index contributed by atoms with van der Waals surface area (Å²) in [6, 6.07) is 0. The van der Waals surface area contributed by atoms with Gasteiger partial charge in [0.2, 0.25) is 0 Å². The predicted octanol–water partition coefficient (Wildman–Crippen LogP) is 4.77. The van der Waals surface area contributed by atoms with Crippen molar-refractivity contribution >= 4 is 12.6 Å². The molecule has 0 heterocycles. The number of unbranched alkanes of at least 4 members (excludes halogenated alkanes) is 3. The summed E-state index contributed by atoms with van der Waals surface area (Å²) in [5.74, 6) is 0. The van der Waals surface area contributed by atoms with E-state index in [1.807, 2.05) is 0 Å². The van der Waals surface area contributed by atoms with Crippen LogP contribution in [0.4, 0.5) is 0 Å². The van der Waals surface area contributed by atoms with Crippen molar-refractivity contribution in [1.82, 2.24) is 4.90 Å². The summed E-state index contributed by atoms with van der Waals surface area (Å²) in [6.45, 7) is 10.6. The largest absolute Gasteiger partial charge is 0.303 e. The molecule has 0 saturated carbocycles. The van der Waals surface area contributed by atoms with Gasteiger partial charge in [-0.15, -0.1) is 0 Å². The molecule has 0 rings (SSSR count). The van der Waals surface area contributed by atoms with E-state index in [4.69, 9.17) is 12.6 Å². The number of rotatable bonds is 12. The maximum absolute atomic E-state index is 4.69.